The van der Waals surface area contributed by atoms with Crippen LogP contribution in [-0.2, 0) is 11.2 Å². The van der Waals surface area contributed by atoms with Gasteiger partial charge in [0.2, 0.25) is 5.88 Å². The Hall–Kier alpha value is -1.03. The van der Waals surface area contributed by atoms with E-state index in [4.69, 9.17) is 15.0 Å². The SMILES string of the molecule is COCCc1c(C)noc1N. The number of hydrogen-bond donors (Lipinski definition) is 1. The van der Waals surface area contributed by atoms with Gasteiger partial charge < -0.3 is 15.0 Å². The molecule has 1 aromatic heterocycles. The fourth-order valence-electron chi connectivity index (χ4n) is 0.914. The van der Waals surface area contributed by atoms with Crippen LogP contribution >= 0.6 is 0 Å². The van der Waals surface area contributed by atoms with Crippen LogP contribution in [0.4, 0.5) is 5.88 Å². The molecule has 0 aliphatic heterocycles. The second kappa shape index (κ2) is 3.39. The second-order valence-corrected chi connectivity index (χ2v) is 2.35. The number of ether oxygens (including phenoxy) is 1. The summed E-state index contributed by atoms with van der Waals surface area (Å²) in [5.41, 5.74) is 7.30. The highest BCUT2D eigenvalue weighted by Gasteiger charge is 2.08. The zero-order chi connectivity index (χ0) is 8.27. The van der Waals surface area contributed by atoms with Gasteiger partial charge in [-0.25, -0.2) is 0 Å². The number of rotatable bonds is 3. The molecule has 0 spiro atoms. The number of anilines is 1. The third-order valence-corrected chi connectivity index (χ3v) is 1.57. The van der Waals surface area contributed by atoms with Gasteiger partial charge in [-0.15, -0.1) is 0 Å². The molecular formula is C7H12N2O2. The monoisotopic (exact) mass is 156 g/mol. The number of methoxy groups -OCH3 is 1. The van der Waals surface area contributed by atoms with Gasteiger partial charge in [0.15, 0.2) is 0 Å². The zero-order valence-electron chi connectivity index (χ0n) is 6.76. The van der Waals surface area contributed by atoms with Gasteiger partial charge in [-0.1, -0.05) is 5.16 Å². The standard InChI is InChI=1S/C7H12N2O2/c1-5-6(3-4-10-2)7(8)11-9-5/h3-4,8H2,1-2H3. The molecule has 1 aromatic rings. The van der Waals surface area contributed by atoms with Crippen molar-refractivity contribution in [3.8, 4) is 0 Å². The van der Waals surface area contributed by atoms with Crippen molar-refractivity contribution in [3.05, 3.63) is 11.3 Å². The van der Waals surface area contributed by atoms with E-state index >= 15 is 0 Å². The lowest BCUT2D eigenvalue weighted by Crippen LogP contribution is -1.98. The van der Waals surface area contributed by atoms with Crippen molar-refractivity contribution in [2.75, 3.05) is 19.5 Å². The highest BCUT2D eigenvalue weighted by atomic mass is 16.5. The maximum atomic E-state index is 5.50. The first-order chi connectivity index (χ1) is 5.25. The van der Waals surface area contributed by atoms with Crippen LogP contribution in [0.3, 0.4) is 0 Å². The third-order valence-electron chi connectivity index (χ3n) is 1.57. The van der Waals surface area contributed by atoms with Crippen LogP contribution in [-0.4, -0.2) is 18.9 Å². The smallest absolute Gasteiger partial charge is 0.225 e. The summed E-state index contributed by atoms with van der Waals surface area (Å²) in [6.45, 7) is 2.51. The predicted molar refractivity (Wildman–Crippen MR) is 41.2 cm³/mol. The Morgan fingerprint density at radius 1 is 1.64 bits per heavy atom. The molecule has 4 heteroatoms. The Labute approximate surface area is 65.3 Å². The number of aryl methyl sites for hydroxylation is 1. The van der Waals surface area contributed by atoms with Crippen molar-refractivity contribution in [2.24, 2.45) is 0 Å². The lowest BCUT2D eigenvalue weighted by Gasteiger charge is -1.96. The van der Waals surface area contributed by atoms with Gasteiger partial charge >= 0.3 is 0 Å². The van der Waals surface area contributed by atoms with E-state index < -0.39 is 0 Å². The maximum absolute atomic E-state index is 5.50. The summed E-state index contributed by atoms with van der Waals surface area (Å²) in [6, 6.07) is 0. The van der Waals surface area contributed by atoms with Crippen molar-refractivity contribution in [1.82, 2.24) is 5.16 Å². The minimum absolute atomic E-state index is 0.402. The molecular weight excluding hydrogens is 144 g/mol. The van der Waals surface area contributed by atoms with Gasteiger partial charge in [0.05, 0.1) is 12.3 Å². The molecule has 0 fully saturated rings. The van der Waals surface area contributed by atoms with Crippen LogP contribution in [0.2, 0.25) is 0 Å². The summed E-state index contributed by atoms with van der Waals surface area (Å²) < 4.78 is 9.66. The van der Waals surface area contributed by atoms with Crippen LogP contribution in [0, 0.1) is 6.92 Å². The Morgan fingerprint density at radius 3 is 2.82 bits per heavy atom. The van der Waals surface area contributed by atoms with Gasteiger partial charge in [-0.2, -0.15) is 0 Å². The highest BCUT2D eigenvalue weighted by molar-refractivity contribution is 5.38. The summed E-state index contributed by atoms with van der Waals surface area (Å²) in [4.78, 5) is 0. The van der Waals surface area contributed by atoms with Gasteiger partial charge in [-0.05, 0) is 6.92 Å². The molecule has 1 heterocycles. The molecule has 0 aliphatic carbocycles. The lowest BCUT2D eigenvalue weighted by molar-refractivity contribution is 0.202. The first kappa shape index (κ1) is 8.07. The third kappa shape index (κ3) is 1.71. The maximum Gasteiger partial charge on any atom is 0.225 e. The lowest BCUT2D eigenvalue weighted by atomic mass is 10.2. The Kier molecular flexibility index (Phi) is 2.48. The molecule has 11 heavy (non-hydrogen) atoms. The van der Waals surface area contributed by atoms with Gasteiger partial charge in [0.1, 0.15) is 0 Å². The first-order valence-corrected chi connectivity index (χ1v) is 3.45. The average Bonchev–Trinajstić information content (AvgIpc) is 2.29. The highest BCUT2D eigenvalue weighted by Crippen LogP contribution is 2.15. The minimum atomic E-state index is 0.402. The number of nitrogens with zero attached hydrogens (tertiary/aromatic N) is 1. The Balaban J connectivity index is 2.67. The van der Waals surface area contributed by atoms with E-state index in [1.54, 1.807) is 7.11 Å². The van der Waals surface area contributed by atoms with Gasteiger partial charge in [0, 0.05) is 19.1 Å². The molecule has 0 aliphatic rings. The van der Waals surface area contributed by atoms with Crippen molar-refractivity contribution in [1.29, 1.82) is 0 Å². The van der Waals surface area contributed by atoms with Crippen LogP contribution in [0.15, 0.2) is 4.52 Å². The molecule has 0 radical (unpaired) electrons. The fraction of sp³-hybridized carbons (Fsp3) is 0.571. The normalized spacial score (nSPS) is 10.4. The minimum Gasteiger partial charge on any atom is -0.384 e. The van der Waals surface area contributed by atoms with Crippen LogP contribution in [0.1, 0.15) is 11.3 Å². The van der Waals surface area contributed by atoms with E-state index in [2.05, 4.69) is 5.16 Å². The van der Waals surface area contributed by atoms with Gasteiger partial charge in [0.25, 0.3) is 0 Å². The Bertz CT molecular complexity index is 213. The molecule has 0 saturated heterocycles. The molecule has 0 unspecified atom stereocenters. The van der Waals surface area contributed by atoms with Crippen LogP contribution in [0.25, 0.3) is 0 Å². The summed E-state index contributed by atoms with van der Waals surface area (Å²) in [6.07, 6.45) is 0.762. The fourth-order valence-corrected chi connectivity index (χ4v) is 0.914. The summed E-state index contributed by atoms with van der Waals surface area (Å²) in [7, 11) is 1.65. The number of nitrogens with two attached hydrogens (primary N) is 1. The molecule has 2 N–H and O–H groups in total. The van der Waals surface area contributed by atoms with Crippen molar-refractivity contribution < 1.29 is 9.26 Å². The van der Waals surface area contributed by atoms with E-state index in [0.717, 1.165) is 17.7 Å². The Morgan fingerprint density at radius 2 is 2.36 bits per heavy atom. The molecule has 0 amide bonds. The molecule has 1 rings (SSSR count). The zero-order valence-corrected chi connectivity index (χ0v) is 6.76. The molecule has 0 saturated carbocycles. The summed E-state index contributed by atoms with van der Waals surface area (Å²) in [5, 5.41) is 3.71. The first-order valence-electron chi connectivity index (χ1n) is 3.45. The van der Waals surface area contributed by atoms with E-state index in [9.17, 15) is 0 Å². The number of hydrogen-bond acceptors (Lipinski definition) is 4. The predicted octanol–water partition coefficient (Wildman–Crippen LogP) is 0.754. The summed E-state index contributed by atoms with van der Waals surface area (Å²) in [5.74, 6) is 0.402. The van der Waals surface area contributed by atoms with E-state index in [0.29, 0.717) is 12.5 Å². The van der Waals surface area contributed by atoms with Crippen LogP contribution in [0.5, 0.6) is 0 Å². The second-order valence-electron chi connectivity index (χ2n) is 2.35. The van der Waals surface area contributed by atoms with Crippen molar-refractivity contribution in [2.45, 2.75) is 13.3 Å². The average molecular weight is 156 g/mol. The van der Waals surface area contributed by atoms with Crippen LogP contribution < -0.4 is 5.73 Å². The molecule has 0 atom stereocenters. The molecule has 62 valence electrons. The number of nitrogen functional groups attached to an aromatic ring is 1. The topological polar surface area (TPSA) is 61.3 Å². The largest absolute Gasteiger partial charge is 0.384 e. The van der Waals surface area contributed by atoms with Crippen molar-refractivity contribution in [3.63, 3.8) is 0 Å². The molecule has 0 aromatic carbocycles. The number of aromatic nitrogens is 1. The van der Waals surface area contributed by atoms with E-state index in [-0.39, 0.29) is 0 Å². The molecule has 4 nitrogen and oxygen atoms in total. The van der Waals surface area contributed by atoms with E-state index in [1.165, 1.54) is 0 Å². The quantitative estimate of drug-likeness (QED) is 0.701. The van der Waals surface area contributed by atoms with Gasteiger partial charge in [-0.3, -0.25) is 0 Å². The van der Waals surface area contributed by atoms with Crippen molar-refractivity contribution >= 4 is 5.88 Å². The van der Waals surface area contributed by atoms with E-state index in [1.807, 2.05) is 6.92 Å². The summed E-state index contributed by atoms with van der Waals surface area (Å²) >= 11 is 0. The molecule has 0 bridgehead atoms.